The highest BCUT2D eigenvalue weighted by molar-refractivity contribution is 7.17. The van der Waals surface area contributed by atoms with Crippen molar-refractivity contribution in [3.63, 3.8) is 0 Å². The molecule has 2 amide bonds. The summed E-state index contributed by atoms with van der Waals surface area (Å²) in [6.45, 7) is 5.16. The molecule has 13 heteroatoms. The SMILES string of the molecule is Cc1nc(Nc2ncc(C(=O)Nc3c(C)cccc3Cl)s2)nc(N2CCN(C(=O)CO)CC2)n1. The van der Waals surface area contributed by atoms with E-state index in [1.807, 2.05) is 24.0 Å². The lowest BCUT2D eigenvalue weighted by Gasteiger charge is -2.34. The molecule has 3 heterocycles. The second kappa shape index (κ2) is 10.3. The normalized spacial score (nSPS) is 13.6. The van der Waals surface area contributed by atoms with Crippen LogP contribution in [0, 0.1) is 13.8 Å². The van der Waals surface area contributed by atoms with Crippen LogP contribution in [-0.2, 0) is 4.79 Å². The number of piperazine rings is 1. The minimum Gasteiger partial charge on any atom is -0.387 e. The van der Waals surface area contributed by atoms with Gasteiger partial charge in [0.2, 0.25) is 17.8 Å². The summed E-state index contributed by atoms with van der Waals surface area (Å²) >= 11 is 7.36. The van der Waals surface area contributed by atoms with Crippen molar-refractivity contribution in [1.82, 2.24) is 24.8 Å². The number of nitrogens with one attached hydrogen (secondary N) is 2. The highest BCUT2D eigenvalue weighted by Gasteiger charge is 2.23. The number of aryl methyl sites for hydroxylation is 2. The summed E-state index contributed by atoms with van der Waals surface area (Å²) in [5.41, 5.74) is 1.43. The Kier molecular flexibility index (Phi) is 7.20. The third kappa shape index (κ3) is 5.41. The van der Waals surface area contributed by atoms with E-state index in [1.54, 1.807) is 17.9 Å². The number of anilines is 4. The van der Waals surface area contributed by atoms with Crippen LogP contribution in [0.15, 0.2) is 24.4 Å². The zero-order valence-corrected chi connectivity index (χ0v) is 20.2. The molecule has 0 aliphatic carbocycles. The van der Waals surface area contributed by atoms with E-state index in [0.29, 0.717) is 64.6 Å². The number of halogens is 1. The summed E-state index contributed by atoms with van der Waals surface area (Å²) < 4.78 is 0. The lowest BCUT2D eigenvalue weighted by Crippen LogP contribution is -2.50. The van der Waals surface area contributed by atoms with Gasteiger partial charge in [0, 0.05) is 26.2 Å². The minimum absolute atomic E-state index is 0.290. The number of benzene rings is 1. The van der Waals surface area contributed by atoms with Crippen molar-refractivity contribution in [2.75, 3.05) is 48.3 Å². The summed E-state index contributed by atoms with van der Waals surface area (Å²) in [7, 11) is 0. The van der Waals surface area contributed by atoms with Crippen molar-refractivity contribution in [2.45, 2.75) is 13.8 Å². The first kappa shape index (κ1) is 23.8. The molecule has 2 aromatic heterocycles. The number of hydrogen-bond acceptors (Lipinski definition) is 10. The lowest BCUT2D eigenvalue weighted by molar-refractivity contribution is -0.134. The fourth-order valence-corrected chi connectivity index (χ4v) is 4.39. The van der Waals surface area contributed by atoms with Gasteiger partial charge in [0.1, 0.15) is 17.3 Å². The highest BCUT2D eigenvalue weighted by atomic mass is 35.5. The maximum absolute atomic E-state index is 12.7. The number of thiazole rings is 1. The van der Waals surface area contributed by atoms with E-state index in [9.17, 15) is 9.59 Å². The molecular weight excluding hydrogens is 480 g/mol. The van der Waals surface area contributed by atoms with E-state index in [-0.39, 0.29) is 11.8 Å². The monoisotopic (exact) mass is 502 g/mol. The summed E-state index contributed by atoms with van der Waals surface area (Å²) in [6, 6.07) is 5.41. The standard InChI is InChI=1S/C21H23ClN8O3S/c1-12-4-3-5-14(22)17(12)26-18(33)15-10-23-21(34-15)28-19-24-13(2)25-20(27-19)30-8-6-29(7-9-30)16(32)11-31/h3-5,10,31H,6-9,11H2,1-2H3,(H,26,33)(H,23,24,25,27,28). The van der Waals surface area contributed by atoms with E-state index in [0.717, 1.165) is 16.9 Å². The van der Waals surface area contributed by atoms with Crippen molar-refractivity contribution < 1.29 is 14.7 Å². The van der Waals surface area contributed by atoms with Crippen molar-refractivity contribution in [3.8, 4) is 0 Å². The van der Waals surface area contributed by atoms with Gasteiger partial charge in [0.25, 0.3) is 5.91 Å². The topological polar surface area (TPSA) is 136 Å². The number of aromatic nitrogens is 4. The molecule has 0 bridgehead atoms. The third-order valence-corrected chi connectivity index (χ3v) is 6.42. The first-order valence-electron chi connectivity index (χ1n) is 10.5. The van der Waals surface area contributed by atoms with Crippen LogP contribution in [0.2, 0.25) is 5.02 Å². The highest BCUT2D eigenvalue weighted by Crippen LogP contribution is 2.28. The van der Waals surface area contributed by atoms with Crippen LogP contribution in [-0.4, -0.2) is 74.5 Å². The number of carbonyl (C=O) groups excluding carboxylic acids is 2. The maximum atomic E-state index is 12.7. The number of carbonyl (C=O) groups is 2. The second-order valence-electron chi connectivity index (χ2n) is 7.57. The van der Waals surface area contributed by atoms with Crippen LogP contribution in [0.4, 0.5) is 22.7 Å². The first-order chi connectivity index (χ1) is 16.3. The number of aliphatic hydroxyl groups is 1. The maximum Gasteiger partial charge on any atom is 0.267 e. The van der Waals surface area contributed by atoms with E-state index in [4.69, 9.17) is 16.7 Å². The molecule has 0 saturated carbocycles. The number of para-hydroxylation sites is 1. The van der Waals surface area contributed by atoms with E-state index in [1.165, 1.54) is 6.20 Å². The lowest BCUT2D eigenvalue weighted by atomic mass is 10.2. The molecule has 34 heavy (non-hydrogen) atoms. The smallest absolute Gasteiger partial charge is 0.267 e. The van der Waals surface area contributed by atoms with Crippen molar-refractivity contribution in [3.05, 3.63) is 45.7 Å². The number of hydrogen-bond donors (Lipinski definition) is 3. The second-order valence-corrected chi connectivity index (χ2v) is 9.01. The average molecular weight is 503 g/mol. The Morgan fingerprint density at radius 3 is 2.62 bits per heavy atom. The van der Waals surface area contributed by atoms with Gasteiger partial charge in [-0.05, 0) is 25.5 Å². The van der Waals surface area contributed by atoms with E-state index >= 15 is 0 Å². The fourth-order valence-electron chi connectivity index (χ4n) is 3.42. The van der Waals surface area contributed by atoms with Gasteiger partial charge in [0.05, 0.1) is 16.9 Å². The molecule has 0 spiro atoms. The number of amides is 2. The van der Waals surface area contributed by atoms with Crippen LogP contribution >= 0.6 is 22.9 Å². The number of rotatable bonds is 6. The molecule has 1 aliphatic heterocycles. The van der Waals surface area contributed by atoms with Gasteiger partial charge in [-0.25, -0.2) is 4.98 Å². The molecule has 3 N–H and O–H groups in total. The quantitative estimate of drug-likeness (QED) is 0.463. The van der Waals surface area contributed by atoms with Crippen LogP contribution in [0.1, 0.15) is 21.1 Å². The minimum atomic E-state index is -0.495. The molecule has 1 fully saturated rings. The third-order valence-electron chi connectivity index (χ3n) is 5.19. The Hall–Kier alpha value is -3.35. The summed E-state index contributed by atoms with van der Waals surface area (Å²) in [5.74, 6) is 0.700. The van der Waals surface area contributed by atoms with Gasteiger partial charge in [-0.15, -0.1) is 0 Å². The number of aliphatic hydroxyl groups excluding tert-OH is 1. The molecule has 178 valence electrons. The molecule has 1 aromatic carbocycles. The van der Waals surface area contributed by atoms with Gasteiger partial charge in [-0.3, -0.25) is 14.9 Å². The largest absolute Gasteiger partial charge is 0.387 e. The molecule has 3 aromatic rings. The molecule has 0 radical (unpaired) electrons. The van der Waals surface area contributed by atoms with E-state index in [2.05, 4.69) is 30.6 Å². The molecular formula is C21H23ClN8O3S. The Bertz CT molecular complexity index is 1190. The Labute approximate surface area is 204 Å². The van der Waals surface area contributed by atoms with Crippen LogP contribution < -0.4 is 15.5 Å². The van der Waals surface area contributed by atoms with Crippen molar-refractivity contribution in [2.24, 2.45) is 0 Å². The molecule has 0 atom stereocenters. The predicted octanol–water partition coefficient (Wildman–Crippen LogP) is 2.24. The van der Waals surface area contributed by atoms with Gasteiger partial charge < -0.3 is 20.2 Å². The Balaban J connectivity index is 1.43. The Morgan fingerprint density at radius 2 is 1.91 bits per heavy atom. The summed E-state index contributed by atoms with van der Waals surface area (Å²) in [5, 5.41) is 15.8. The molecule has 0 unspecified atom stereocenters. The van der Waals surface area contributed by atoms with Gasteiger partial charge in [0.15, 0.2) is 5.13 Å². The summed E-state index contributed by atoms with van der Waals surface area (Å²) in [6.07, 6.45) is 1.47. The van der Waals surface area contributed by atoms with Crippen LogP contribution in [0.25, 0.3) is 0 Å². The first-order valence-corrected chi connectivity index (χ1v) is 11.7. The summed E-state index contributed by atoms with van der Waals surface area (Å²) in [4.78, 5) is 45.8. The molecule has 4 rings (SSSR count). The zero-order chi connectivity index (χ0) is 24.2. The average Bonchev–Trinajstić information content (AvgIpc) is 3.29. The fraction of sp³-hybridized carbons (Fsp3) is 0.333. The predicted molar refractivity (Wildman–Crippen MR) is 130 cm³/mol. The number of nitrogens with zero attached hydrogens (tertiary/aromatic N) is 6. The van der Waals surface area contributed by atoms with Crippen molar-refractivity contribution >= 4 is 57.5 Å². The molecule has 1 saturated heterocycles. The van der Waals surface area contributed by atoms with Gasteiger partial charge >= 0.3 is 0 Å². The van der Waals surface area contributed by atoms with Crippen LogP contribution in [0.5, 0.6) is 0 Å². The zero-order valence-electron chi connectivity index (χ0n) is 18.6. The Morgan fingerprint density at radius 1 is 1.15 bits per heavy atom. The molecule has 1 aliphatic rings. The van der Waals surface area contributed by atoms with Crippen LogP contribution in [0.3, 0.4) is 0 Å². The van der Waals surface area contributed by atoms with E-state index < -0.39 is 6.61 Å². The molecule has 11 nitrogen and oxygen atoms in total. The van der Waals surface area contributed by atoms with Gasteiger partial charge in [-0.1, -0.05) is 35.1 Å². The van der Waals surface area contributed by atoms with Crippen molar-refractivity contribution in [1.29, 1.82) is 0 Å². The van der Waals surface area contributed by atoms with Gasteiger partial charge in [-0.2, -0.15) is 15.0 Å².